The molecule has 1 fully saturated rings. The van der Waals surface area contributed by atoms with Gasteiger partial charge in [0.05, 0.1) is 4.90 Å². The Kier molecular flexibility index (Phi) is 6.46. The molecule has 0 saturated carbocycles. The monoisotopic (exact) mass is 404 g/mol. The molecule has 3 rings (SSSR count). The smallest absolute Gasteiger partial charge is 0.253 e. The van der Waals surface area contributed by atoms with Crippen molar-refractivity contribution >= 4 is 15.9 Å². The van der Waals surface area contributed by atoms with Crippen LogP contribution in [0.2, 0.25) is 0 Å². The van der Waals surface area contributed by atoms with E-state index in [0.717, 1.165) is 24.5 Å². The van der Waals surface area contributed by atoms with Crippen molar-refractivity contribution in [3.05, 3.63) is 65.5 Å². The van der Waals surface area contributed by atoms with Crippen LogP contribution in [0.15, 0.2) is 53.4 Å². The Labute approximate surface area is 165 Å². The maximum absolute atomic E-state index is 13.2. The van der Waals surface area contributed by atoms with Crippen LogP contribution in [0.3, 0.4) is 0 Å². The molecule has 7 heteroatoms. The third-order valence-corrected chi connectivity index (χ3v) is 6.61. The fraction of sp³-hybridized carbons (Fsp3) is 0.381. The van der Waals surface area contributed by atoms with Crippen molar-refractivity contribution < 1.29 is 17.6 Å². The van der Waals surface area contributed by atoms with Crippen molar-refractivity contribution in [1.29, 1.82) is 0 Å². The number of piperidine rings is 1. The zero-order valence-corrected chi connectivity index (χ0v) is 16.7. The molecule has 1 saturated heterocycles. The number of amides is 1. The standard InChI is InChI=1S/C21H25FN2O3S/c1-16-5-7-18(8-6-16)21(25)24-13-10-17(11-14-24)9-12-23-28(26,27)20-4-2-3-19(22)15-20/h2-8,15,17,23H,9-14H2,1H3. The summed E-state index contributed by atoms with van der Waals surface area (Å²) >= 11 is 0. The van der Waals surface area contributed by atoms with Crippen LogP contribution in [0.5, 0.6) is 0 Å². The molecule has 0 bridgehead atoms. The van der Waals surface area contributed by atoms with Crippen LogP contribution < -0.4 is 4.72 Å². The zero-order chi connectivity index (χ0) is 20.1. The molecule has 1 amide bonds. The summed E-state index contributed by atoms with van der Waals surface area (Å²) in [6.07, 6.45) is 2.39. The third kappa shape index (κ3) is 5.17. The van der Waals surface area contributed by atoms with E-state index in [0.29, 0.717) is 37.5 Å². The van der Waals surface area contributed by atoms with Crippen LogP contribution in [0.25, 0.3) is 0 Å². The highest BCUT2D eigenvalue weighted by Gasteiger charge is 2.24. The number of aryl methyl sites for hydroxylation is 1. The highest BCUT2D eigenvalue weighted by atomic mass is 32.2. The van der Waals surface area contributed by atoms with E-state index >= 15 is 0 Å². The number of benzene rings is 2. The lowest BCUT2D eigenvalue weighted by molar-refractivity contribution is 0.0687. The van der Waals surface area contributed by atoms with E-state index in [2.05, 4.69) is 4.72 Å². The predicted molar refractivity (Wildman–Crippen MR) is 106 cm³/mol. The third-order valence-electron chi connectivity index (χ3n) is 5.15. The number of carbonyl (C=O) groups is 1. The van der Waals surface area contributed by atoms with Crippen molar-refractivity contribution in [1.82, 2.24) is 9.62 Å². The maximum atomic E-state index is 13.2. The first-order valence-electron chi connectivity index (χ1n) is 9.46. The van der Waals surface area contributed by atoms with E-state index in [9.17, 15) is 17.6 Å². The Balaban J connectivity index is 1.46. The van der Waals surface area contributed by atoms with Gasteiger partial charge >= 0.3 is 0 Å². The molecule has 1 heterocycles. The second-order valence-electron chi connectivity index (χ2n) is 7.25. The fourth-order valence-corrected chi connectivity index (χ4v) is 4.50. The van der Waals surface area contributed by atoms with Crippen LogP contribution in [-0.2, 0) is 10.0 Å². The summed E-state index contributed by atoms with van der Waals surface area (Å²) in [6.45, 7) is 3.64. The summed E-state index contributed by atoms with van der Waals surface area (Å²) in [5.41, 5.74) is 1.82. The first-order valence-corrected chi connectivity index (χ1v) is 10.9. The Bertz CT molecular complexity index is 921. The minimum Gasteiger partial charge on any atom is -0.339 e. The number of hydrogen-bond acceptors (Lipinski definition) is 3. The van der Waals surface area contributed by atoms with Gasteiger partial charge in [0.1, 0.15) is 5.82 Å². The molecule has 0 aliphatic carbocycles. The van der Waals surface area contributed by atoms with Gasteiger partial charge in [-0.3, -0.25) is 4.79 Å². The molecule has 0 radical (unpaired) electrons. The lowest BCUT2D eigenvalue weighted by atomic mass is 9.93. The summed E-state index contributed by atoms with van der Waals surface area (Å²) in [4.78, 5) is 14.3. The van der Waals surface area contributed by atoms with Gasteiger partial charge in [-0.25, -0.2) is 17.5 Å². The summed E-state index contributed by atoms with van der Waals surface area (Å²) in [6, 6.07) is 12.6. The van der Waals surface area contributed by atoms with Gasteiger partial charge in [-0.05, 0) is 62.4 Å². The van der Waals surface area contributed by atoms with Crippen LogP contribution in [-0.4, -0.2) is 38.9 Å². The Hall–Kier alpha value is -2.25. The van der Waals surface area contributed by atoms with E-state index in [1.165, 1.54) is 18.2 Å². The largest absolute Gasteiger partial charge is 0.339 e. The summed E-state index contributed by atoms with van der Waals surface area (Å²) in [5.74, 6) is -0.170. The topological polar surface area (TPSA) is 66.5 Å². The number of nitrogens with one attached hydrogen (secondary N) is 1. The van der Waals surface area contributed by atoms with Crippen LogP contribution >= 0.6 is 0 Å². The van der Waals surface area contributed by atoms with Crippen molar-refractivity contribution in [2.24, 2.45) is 5.92 Å². The fourth-order valence-electron chi connectivity index (χ4n) is 3.42. The zero-order valence-electron chi connectivity index (χ0n) is 15.9. The molecule has 5 nitrogen and oxygen atoms in total. The summed E-state index contributed by atoms with van der Waals surface area (Å²) in [5, 5.41) is 0. The SMILES string of the molecule is Cc1ccc(C(=O)N2CCC(CCNS(=O)(=O)c3cccc(F)c3)CC2)cc1. The van der Waals surface area contributed by atoms with Gasteiger partial charge in [0.15, 0.2) is 0 Å². The predicted octanol–water partition coefficient (Wildman–Crippen LogP) is 3.35. The van der Waals surface area contributed by atoms with Gasteiger partial charge in [0.25, 0.3) is 5.91 Å². The van der Waals surface area contributed by atoms with E-state index in [4.69, 9.17) is 0 Å². The molecule has 0 spiro atoms. The minimum absolute atomic E-state index is 0.0465. The van der Waals surface area contributed by atoms with Gasteiger partial charge in [-0.15, -0.1) is 0 Å². The Morgan fingerprint density at radius 3 is 2.46 bits per heavy atom. The Morgan fingerprint density at radius 1 is 1.14 bits per heavy atom. The number of hydrogen-bond donors (Lipinski definition) is 1. The average Bonchev–Trinajstić information content (AvgIpc) is 2.68. The molecular formula is C21H25FN2O3S. The van der Waals surface area contributed by atoms with Crippen LogP contribution in [0, 0.1) is 18.7 Å². The van der Waals surface area contributed by atoms with Crippen molar-refractivity contribution in [2.45, 2.75) is 31.1 Å². The van der Waals surface area contributed by atoms with E-state index in [1.807, 2.05) is 36.1 Å². The van der Waals surface area contributed by atoms with E-state index < -0.39 is 15.8 Å². The minimum atomic E-state index is -3.70. The molecule has 0 unspecified atom stereocenters. The normalized spacial score (nSPS) is 15.6. The van der Waals surface area contributed by atoms with Gasteiger partial charge < -0.3 is 4.90 Å². The molecule has 1 aliphatic heterocycles. The van der Waals surface area contributed by atoms with E-state index in [1.54, 1.807) is 0 Å². The first-order chi connectivity index (χ1) is 13.3. The molecular weight excluding hydrogens is 379 g/mol. The molecule has 0 atom stereocenters. The number of carbonyl (C=O) groups excluding carboxylic acids is 1. The van der Waals surface area contributed by atoms with Gasteiger partial charge in [0, 0.05) is 25.2 Å². The number of likely N-dealkylation sites (tertiary alicyclic amines) is 1. The maximum Gasteiger partial charge on any atom is 0.253 e. The Morgan fingerprint density at radius 2 is 1.82 bits per heavy atom. The van der Waals surface area contributed by atoms with Crippen molar-refractivity contribution in [3.63, 3.8) is 0 Å². The lowest BCUT2D eigenvalue weighted by Crippen LogP contribution is -2.39. The number of sulfonamides is 1. The molecule has 0 aromatic heterocycles. The van der Waals surface area contributed by atoms with Crippen LogP contribution in [0.4, 0.5) is 4.39 Å². The summed E-state index contributed by atoms with van der Waals surface area (Å²) < 4.78 is 40.2. The number of halogens is 1. The second kappa shape index (κ2) is 8.84. The number of nitrogens with zero attached hydrogens (tertiary/aromatic N) is 1. The first kappa shape index (κ1) is 20.5. The molecule has 28 heavy (non-hydrogen) atoms. The molecule has 1 N–H and O–H groups in total. The van der Waals surface area contributed by atoms with Crippen molar-refractivity contribution in [2.75, 3.05) is 19.6 Å². The molecule has 150 valence electrons. The van der Waals surface area contributed by atoms with Crippen molar-refractivity contribution in [3.8, 4) is 0 Å². The molecule has 2 aromatic carbocycles. The molecule has 2 aromatic rings. The van der Waals surface area contributed by atoms with Gasteiger partial charge in [-0.1, -0.05) is 23.8 Å². The quantitative estimate of drug-likeness (QED) is 0.803. The van der Waals surface area contributed by atoms with Gasteiger partial charge in [-0.2, -0.15) is 0 Å². The average molecular weight is 405 g/mol. The van der Waals surface area contributed by atoms with E-state index in [-0.39, 0.29) is 10.8 Å². The lowest BCUT2D eigenvalue weighted by Gasteiger charge is -2.32. The summed E-state index contributed by atoms with van der Waals surface area (Å²) in [7, 11) is -3.70. The van der Waals surface area contributed by atoms with Crippen LogP contribution in [0.1, 0.15) is 35.2 Å². The number of rotatable bonds is 6. The van der Waals surface area contributed by atoms with Gasteiger partial charge in [0.2, 0.25) is 10.0 Å². The second-order valence-corrected chi connectivity index (χ2v) is 9.01. The molecule has 1 aliphatic rings. The highest BCUT2D eigenvalue weighted by Crippen LogP contribution is 2.22. The highest BCUT2D eigenvalue weighted by molar-refractivity contribution is 7.89.